The number of hydrogen-bond donors (Lipinski definition) is 0. The average Bonchev–Trinajstić information content (AvgIpc) is 3.63. The summed E-state index contributed by atoms with van der Waals surface area (Å²) in [6, 6.07) is 11.3. The molecule has 180 valence electrons. The normalized spacial score (nSPS) is 30.1. The molecule has 1 heterocycles. The molecule has 6 atom stereocenters. The topological polar surface area (TPSA) is 68.2 Å². The minimum atomic E-state index is -0.252. The minimum Gasteiger partial charge on any atom is -0.490 e. The number of benzene rings is 2. The van der Waals surface area contributed by atoms with Crippen molar-refractivity contribution in [3.8, 4) is 11.5 Å². The van der Waals surface area contributed by atoms with E-state index in [1.165, 1.54) is 0 Å². The number of amides is 2. The Kier molecular flexibility index (Phi) is 5.87. The Morgan fingerprint density at radius 2 is 1.77 bits per heavy atom. The van der Waals surface area contributed by atoms with Crippen LogP contribution in [0.25, 0.3) is 0 Å². The van der Waals surface area contributed by atoms with Crippen molar-refractivity contribution in [1.82, 2.24) is 5.01 Å². The zero-order chi connectivity index (χ0) is 24.3. The highest BCUT2D eigenvalue weighted by atomic mass is 127. The van der Waals surface area contributed by atoms with Crippen LogP contribution >= 0.6 is 34.2 Å². The maximum absolute atomic E-state index is 13.2. The zero-order valence-electron chi connectivity index (χ0n) is 19.1. The van der Waals surface area contributed by atoms with E-state index in [1.807, 2.05) is 43.3 Å². The van der Waals surface area contributed by atoms with E-state index in [2.05, 4.69) is 39.8 Å². The Hall–Kier alpha value is -2.39. The Balaban J connectivity index is 1.23. The van der Waals surface area contributed by atoms with E-state index >= 15 is 0 Å². The van der Waals surface area contributed by atoms with E-state index in [9.17, 15) is 9.59 Å². The molecule has 0 spiro atoms. The van der Waals surface area contributed by atoms with Gasteiger partial charge in [-0.2, -0.15) is 10.1 Å². The molecule has 1 aliphatic heterocycles. The highest BCUT2D eigenvalue weighted by Gasteiger charge is 2.67. The first-order valence-corrected chi connectivity index (χ1v) is 13.4. The zero-order valence-corrected chi connectivity index (χ0v) is 22.0. The van der Waals surface area contributed by atoms with Gasteiger partial charge in [-0.15, -0.1) is 0 Å². The first-order valence-electron chi connectivity index (χ1n) is 11.9. The van der Waals surface area contributed by atoms with Gasteiger partial charge in [0.1, 0.15) is 6.61 Å². The van der Waals surface area contributed by atoms with E-state index in [0.717, 1.165) is 26.1 Å². The van der Waals surface area contributed by atoms with Crippen molar-refractivity contribution in [2.24, 2.45) is 40.6 Å². The molecule has 2 aromatic rings. The third-order valence-corrected chi connectivity index (χ3v) is 8.79. The second kappa shape index (κ2) is 8.92. The molecule has 0 N–H and O–H groups in total. The van der Waals surface area contributed by atoms with Crippen LogP contribution in [0.2, 0.25) is 5.02 Å². The molecule has 2 bridgehead atoms. The van der Waals surface area contributed by atoms with Crippen molar-refractivity contribution >= 4 is 52.2 Å². The molecule has 1 saturated heterocycles. The summed E-state index contributed by atoms with van der Waals surface area (Å²) in [7, 11) is 0. The van der Waals surface area contributed by atoms with Crippen LogP contribution in [-0.4, -0.2) is 29.6 Å². The molecule has 35 heavy (non-hydrogen) atoms. The smallest absolute Gasteiger partial charge is 0.254 e. The predicted octanol–water partition coefficient (Wildman–Crippen LogP) is 5.31. The van der Waals surface area contributed by atoms with Crippen molar-refractivity contribution in [2.75, 3.05) is 6.61 Å². The van der Waals surface area contributed by atoms with Crippen LogP contribution in [0.1, 0.15) is 24.5 Å². The molecule has 2 amide bonds. The predicted molar refractivity (Wildman–Crippen MR) is 140 cm³/mol. The van der Waals surface area contributed by atoms with Gasteiger partial charge in [0.15, 0.2) is 11.5 Å². The summed E-state index contributed by atoms with van der Waals surface area (Å²) in [5, 5.41) is 6.10. The summed E-state index contributed by atoms with van der Waals surface area (Å²) >= 11 is 8.46. The summed E-state index contributed by atoms with van der Waals surface area (Å²) < 4.78 is 12.7. The van der Waals surface area contributed by atoms with E-state index in [-0.39, 0.29) is 35.5 Å². The second-order valence-corrected chi connectivity index (χ2v) is 11.1. The summed E-state index contributed by atoms with van der Waals surface area (Å²) in [6.07, 6.45) is 7.03. The largest absolute Gasteiger partial charge is 0.490 e. The summed E-state index contributed by atoms with van der Waals surface area (Å²) in [4.78, 5) is 26.3. The van der Waals surface area contributed by atoms with Gasteiger partial charge >= 0.3 is 0 Å². The standard InChI is InChI=1S/C27H24ClIN2O4/c1-2-34-22-10-14(9-21(29)25(22)35-13-15-5-3-4-6-20(15)28)12-30-31-26(32)23-16-7-8-17(19-11-18(16)19)24(23)27(31)33/h3-10,12,16-19,23-24H,2,11,13H2,1H3/b30-12-/t16-,17-,18-,19-,23-,24+/m0/s1. The molecule has 6 nitrogen and oxygen atoms in total. The average molecular weight is 603 g/mol. The monoisotopic (exact) mass is 602 g/mol. The molecule has 2 saturated carbocycles. The molecule has 4 aliphatic carbocycles. The quantitative estimate of drug-likeness (QED) is 0.187. The lowest BCUT2D eigenvalue weighted by Gasteiger charge is -2.37. The Labute approximate surface area is 222 Å². The number of hydrogen-bond acceptors (Lipinski definition) is 5. The van der Waals surface area contributed by atoms with Gasteiger partial charge in [-0.1, -0.05) is 42.0 Å². The fourth-order valence-electron chi connectivity index (χ4n) is 6.01. The van der Waals surface area contributed by atoms with Crippen LogP contribution in [0.3, 0.4) is 0 Å². The van der Waals surface area contributed by atoms with E-state index in [4.69, 9.17) is 21.1 Å². The lowest BCUT2D eigenvalue weighted by Crippen LogP contribution is -2.40. The van der Waals surface area contributed by atoms with Crippen molar-refractivity contribution in [3.05, 3.63) is 68.3 Å². The van der Waals surface area contributed by atoms with Gasteiger partial charge in [0.2, 0.25) is 0 Å². The third-order valence-electron chi connectivity index (χ3n) is 7.62. The number of hydrazone groups is 1. The van der Waals surface area contributed by atoms with Crippen molar-refractivity contribution < 1.29 is 19.1 Å². The first-order chi connectivity index (χ1) is 17.0. The van der Waals surface area contributed by atoms with Crippen LogP contribution in [0.15, 0.2) is 53.7 Å². The fraction of sp³-hybridized carbons (Fsp3) is 0.370. The molecule has 3 fully saturated rings. The molecule has 5 aliphatic rings. The van der Waals surface area contributed by atoms with Crippen LogP contribution in [0.4, 0.5) is 0 Å². The van der Waals surface area contributed by atoms with Gasteiger partial charge in [0.25, 0.3) is 11.8 Å². The van der Waals surface area contributed by atoms with E-state index in [1.54, 1.807) is 6.21 Å². The SMILES string of the molecule is CCOc1cc(/C=N\N2C(=O)[C@@H]3[C@H]4C=C[C@@H]([C@@H]5C[C@@H]45)[C@@H]3C2=O)cc(I)c1OCc1ccccc1Cl. The number of allylic oxidation sites excluding steroid dienone is 2. The number of ether oxygens (including phenoxy) is 2. The number of rotatable bonds is 7. The fourth-order valence-corrected chi connectivity index (χ4v) is 6.98. The van der Waals surface area contributed by atoms with Crippen molar-refractivity contribution in [1.29, 1.82) is 0 Å². The van der Waals surface area contributed by atoms with Crippen molar-refractivity contribution in [3.63, 3.8) is 0 Å². The molecule has 8 heteroatoms. The van der Waals surface area contributed by atoms with Gasteiger partial charge < -0.3 is 9.47 Å². The van der Waals surface area contributed by atoms with Crippen LogP contribution < -0.4 is 9.47 Å². The maximum atomic E-state index is 13.2. The summed E-state index contributed by atoms with van der Waals surface area (Å²) in [5.74, 6) is 1.87. The van der Waals surface area contributed by atoms with Crippen LogP contribution in [0.5, 0.6) is 11.5 Å². The summed E-state index contributed by atoms with van der Waals surface area (Å²) in [5.41, 5.74) is 1.61. The molecular weight excluding hydrogens is 579 g/mol. The van der Waals surface area contributed by atoms with E-state index < -0.39 is 0 Å². The van der Waals surface area contributed by atoms with Crippen molar-refractivity contribution in [2.45, 2.75) is 20.0 Å². The molecule has 2 aromatic carbocycles. The maximum Gasteiger partial charge on any atom is 0.254 e. The number of nitrogens with zero attached hydrogens (tertiary/aromatic N) is 2. The second-order valence-electron chi connectivity index (χ2n) is 9.53. The third kappa shape index (κ3) is 3.87. The number of imide groups is 1. The number of halogens is 2. The Bertz CT molecular complexity index is 1240. The van der Waals surface area contributed by atoms with Crippen LogP contribution in [0, 0.1) is 39.1 Å². The van der Waals surface area contributed by atoms with Gasteiger partial charge in [-0.3, -0.25) is 9.59 Å². The molecular formula is C27H24ClIN2O4. The van der Waals surface area contributed by atoms with Gasteiger partial charge in [0, 0.05) is 10.6 Å². The molecule has 0 unspecified atom stereocenters. The highest BCUT2D eigenvalue weighted by Crippen LogP contribution is 2.65. The Morgan fingerprint density at radius 1 is 1.09 bits per heavy atom. The van der Waals surface area contributed by atoms with Gasteiger partial charge in [-0.05, 0) is 83.4 Å². The van der Waals surface area contributed by atoms with E-state index in [0.29, 0.717) is 41.6 Å². The molecule has 0 radical (unpaired) electrons. The van der Waals surface area contributed by atoms with Gasteiger partial charge in [0.05, 0.1) is 28.2 Å². The molecule has 7 rings (SSSR count). The number of carbonyl (C=O) groups is 2. The number of carbonyl (C=O) groups excluding carboxylic acids is 2. The molecule has 0 aromatic heterocycles. The van der Waals surface area contributed by atoms with Crippen LogP contribution in [-0.2, 0) is 16.2 Å². The Morgan fingerprint density at radius 3 is 2.43 bits per heavy atom. The first kappa shape index (κ1) is 23.0. The lowest BCUT2D eigenvalue weighted by molar-refractivity contribution is -0.140. The highest BCUT2D eigenvalue weighted by molar-refractivity contribution is 14.1. The minimum absolute atomic E-state index is 0.166. The van der Waals surface area contributed by atoms with Gasteiger partial charge in [-0.25, -0.2) is 0 Å². The summed E-state index contributed by atoms with van der Waals surface area (Å²) in [6.45, 7) is 2.67. The lowest BCUT2D eigenvalue weighted by atomic mass is 9.63.